The van der Waals surface area contributed by atoms with Crippen LogP contribution in [0.1, 0.15) is 113 Å². The first-order valence-corrected chi connectivity index (χ1v) is 24.0. The summed E-state index contributed by atoms with van der Waals surface area (Å²) in [5.74, 6) is -12.1. The summed E-state index contributed by atoms with van der Waals surface area (Å²) in [5, 5.41) is 114. The summed E-state index contributed by atoms with van der Waals surface area (Å²) < 4.78 is 29.0. The number of rotatable bonds is 13. The molecular weight excluding hydrogens is 945 g/mol. The van der Waals surface area contributed by atoms with Crippen molar-refractivity contribution in [3.63, 3.8) is 0 Å². The molecule has 71 heavy (non-hydrogen) atoms. The minimum atomic E-state index is -3.76. The third kappa shape index (κ3) is 8.58. The van der Waals surface area contributed by atoms with Gasteiger partial charge in [0.2, 0.25) is 5.60 Å². The van der Waals surface area contributed by atoms with Crippen LogP contribution in [0.4, 0.5) is 0 Å². The Morgan fingerprint density at radius 1 is 0.732 bits per heavy atom. The lowest BCUT2D eigenvalue weighted by atomic mass is 9.33. The highest BCUT2D eigenvalue weighted by molar-refractivity contribution is 5.96. The number of carbonyl (C=O) groups is 7. The zero-order chi connectivity index (χ0) is 53.1. The molecule has 2 heterocycles. The van der Waals surface area contributed by atoms with E-state index in [4.69, 9.17) is 23.7 Å². The standard InChI is InChI=1S/C48H68O23/c1-42(2)22-8-11-47(7)33(21(49)16-19-20-17-44(4,40(62)63)13-12-43(20,3)14-15-46(19,47)6)45(22,5)10-9-23(42)67-39-32(71-38-27(53)25(51)26(52)30(69-38)35(56)57)29(28(54)31(70-39)36(58)59)68-24(50)18-48(66,41(64)65)34(55)37(60)61/h16,20,22-23,25-34,38-39,51-55,66H,8-15,17-18H2,1-7H3,(H,56,57)(H,58,59)(H,60,61)(H,62,63)(H,64,65)/t20-,22-,23-,25-,26-,27+,28-,29-,30-,31-,32+,33+,34?,38-,39-,43+,44-,45-,46+,47+,48?/m0/s1. The number of aliphatic carboxylic acids is 5. The number of fused-ring (bicyclic) bond motifs is 7. The molecule has 7 aliphatic rings. The molecule has 2 unspecified atom stereocenters. The molecule has 2 saturated heterocycles. The van der Waals surface area contributed by atoms with E-state index in [1.54, 1.807) is 13.0 Å². The van der Waals surface area contributed by atoms with Gasteiger partial charge in [-0.05, 0) is 110 Å². The highest BCUT2D eigenvalue weighted by Crippen LogP contribution is 2.75. The number of aliphatic hydroxyl groups is 6. The normalized spacial score (nSPS) is 46.3. The van der Waals surface area contributed by atoms with Crippen LogP contribution in [-0.4, -0.2) is 177 Å². The lowest BCUT2D eigenvalue weighted by Gasteiger charge is -2.70. The molecular formula is C48H68O23. The summed E-state index contributed by atoms with van der Waals surface area (Å²) >= 11 is 0. The molecule has 0 amide bonds. The molecule has 23 nitrogen and oxygen atoms in total. The molecule has 0 aromatic heterocycles. The maximum absolute atomic E-state index is 15.0. The van der Waals surface area contributed by atoms with Gasteiger partial charge in [-0.25, -0.2) is 19.2 Å². The van der Waals surface area contributed by atoms with Gasteiger partial charge in [-0.2, -0.15) is 0 Å². The number of ether oxygens (including phenoxy) is 5. The number of carboxylic acids is 5. The Labute approximate surface area is 408 Å². The van der Waals surface area contributed by atoms with Crippen LogP contribution in [0.25, 0.3) is 0 Å². The number of aliphatic hydroxyl groups excluding tert-OH is 5. The molecule has 398 valence electrons. The Morgan fingerprint density at radius 2 is 1.32 bits per heavy atom. The monoisotopic (exact) mass is 1010 g/mol. The topological polar surface area (TPSA) is 388 Å². The van der Waals surface area contributed by atoms with Crippen LogP contribution < -0.4 is 0 Å². The Kier molecular flexibility index (Phi) is 14.1. The number of hydrogen-bond acceptors (Lipinski definition) is 18. The van der Waals surface area contributed by atoms with E-state index in [9.17, 15) is 84.9 Å². The summed E-state index contributed by atoms with van der Waals surface area (Å²) in [4.78, 5) is 89.4. The lowest BCUT2D eigenvalue weighted by Crippen LogP contribution is -2.68. The van der Waals surface area contributed by atoms with Gasteiger partial charge in [0, 0.05) is 5.92 Å². The van der Waals surface area contributed by atoms with Crippen molar-refractivity contribution >= 4 is 41.6 Å². The molecule has 5 aliphatic carbocycles. The van der Waals surface area contributed by atoms with E-state index < -0.39 is 154 Å². The lowest BCUT2D eigenvalue weighted by molar-refractivity contribution is -0.372. The fraction of sp³-hybridized carbons (Fsp3) is 0.812. The van der Waals surface area contributed by atoms with Crippen molar-refractivity contribution in [1.82, 2.24) is 0 Å². The fourth-order valence-corrected chi connectivity index (χ4v) is 14.4. The van der Waals surface area contributed by atoms with Crippen LogP contribution in [0.3, 0.4) is 0 Å². The first-order chi connectivity index (χ1) is 32.6. The van der Waals surface area contributed by atoms with E-state index in [-0.39, 0.29) is 29.5 Å². The molecule has 0 radical (unpaired) electrons. The van der Waals surface area contributed by atoms with Crippen molar-refractivity contribution in [2.24, 2.45) is 50.2 Å². The predicted octanol–water partition coefficient (Wildman–Crippen LogP) is 0.448. The van der Waals surface area contributed by atoms with E-state index in [0.717, 1.165) is 24.8 Å². The summed E-state index contributed by atoms with van der Waals surface area (Å²) in [7, 11) is 0. The average molecular weight is 1010 g/mol. The largest absolute Gasteiger partial charge is 0.481 e. The molecule has 6 fully saturated rings. The minimum Gasteiger partial charge on any atom is -0.481 e. The highest BCUT2D eigenvalue weighted by Gasteiger charge is 2.71. The van der Waals surface area contributed by atoms with Crippen molar-refractivity contribution in [3.05, 3.63) is 11.6 Å². The predicted molar refractivity (Wildman–Crippen MR) is 234 cm³/mol. The van der Waals surface area contributed by atoms with Crippen molar-refractivity contribution in [3.8, 4) is 0 Å². The van der Waals surface area contributed by atoms with E-state index in [1.165, 1.54) is 0 Å². The summed E-state index contributed by atoms with van der Waals surface area (Å²) in [6.07, 6.45) is -22.0. The van der Waals surface area contributed by atoms with Gasteiger partial charge in [0.1, 0.15) is 24.4 Å². The van der Waals surface area contributed by atoms with E-state index in [1.807, 2.05) is 13.8 Å². The number of hydrogen-bond donors (Lipinski definition) is 11. The summed E-state index contributed by atoms with van der Waals surface area (Å²) in [6.45, 7) is 14.2. The van der Waals surface area contributed by atoms with Crippen LogP contribution in [-0.2, 0) is 57.2 Å². The molecule has 0 spiro atoms. The Balaban J connectivity index is 1.23. The third-order valence-electron chi connectivity index (χ3n) is 18.9. The van der Waals surface area contributed by atoms with Crippen LogP contribution in [0.2, 0.25) is 0 Å². The highest BCUT2D eigenvalue weighted by atomic mass is 16.8. The molecule has 2 aliphatic heterocycles. The maximum atomic E-state index is 15.0. The van der Waals surface area contributed by atoms with Crippen molar-refractivity contribution in [2.75, 3.05) is 0 Å². The van der Waals surface area contributed by atoms with Gasteiger partial charge in [-0.1, -0.05) is 47.1 Å². The zero-order valence-corrected chi connectivity index (χ0v) is 40.6. The Bertz CT molecular complexity index is 2230. The molecule has 0 aromatic carbocycles. The van der Waals surface area contributed by atoms with E-state index in [0.29, 0.717) is 32.1 Å². The molecule has 11 N–H and O–H groups in total. The van der Waals surface area contributed by atoms with Gasteiger partial charge in [-0.3, -0.25) is 14.4 Å². The second-order valence-electron chi connectivity index (χ2n) is 23.2. The molecule has 0 aromatic rings. The van der Waals surface area contributed by atoms with Gasteiger partial charge in [0.25, 0.3) is 0 Å². The van der Waals surface area contributed by atoms with Crippen LogP contribution in [0, 0.1) is 50.2 Å². The fourth-order valence-electron chi connectivity index (χ4n) is 14.4. The minimum absolute atomic E-state index is 0.0510. The van der Waals surface area contributed by atoms with Gasteiger partial charge in [-0.15, -0.1) is 0 Å². The van der Waals surface area contributed by atoms with Crippen molar-refractivity contribution < 1.29 is 113 Å². The summed E-state index contributed by atoms with van der Waals surface area (Å²) in [6, 6.07) is 0. The first kappa shape index (κ1) is 54.6. The molecule has 23 heteroatoms. The van der Waals surface area contributed by atoms with Crippen LogP contribution in [0.15, 0.2) is 11.6 Å². The van der Waals surface area contributed by atoms with E-state index in [2.05, 4.69) is 27.7 Å². The number of ketones is 1. The number of carboxylic acid groups (broad SMARTS) is 5. The zero-order valence-electron chi connectivity index (χ0n) is 40.6. The summed E-state index contributed by atoms with van der Waals surface area (Å²) in [5.41, 5.74) is -6.51. The SMILES string of the molecule is CC1(C)[C@@H](O[C@H]2O[C@H](C(=O)O)[C@@H](O)[C@H](OC(=O)CC(O)(C(=O)O)C(O)C(=O)O)[C@H]2O[C@@H]2O[C@H](C(=O)O)[C@@H](O)[C@H](O)[C@H]2O)CC[C@]2(C)[C@H]3C(=O)C=C4[C@@H]5C[C@@](C)(C(=O)O)CC[C@]5(C)CC[C@@]4(C)[C@]3(C)CC[C@@H]12. The molecule has 7 rings (SSSR count). The molecule has 4 saturated carbocycles. The smallest absolute Gasteiger partial charge is 0.339 e. The number of esters is 1. The van der Waals surface area contributed by atoms with E-state index >= 15 is 4.79 Å². The number of carbonyl (C=O) groups excluding carboxylic acids is 2. The van der Waals surface area contributed by atoms with Gasteiger partial charge in [0.15, 0.2) is 48.9 Å². The van der Waals surface area contributed by atoms with Crippen molar-refractivity contribution in [2.45, 2.75) is 192 Å². The van der Waals surface area contributed by atoms with Gasteiger partial charge < -0.3 is 79.9 Å². The second-order valence-corrected chi connectivity index (χ2v) is 23.2. The van der Waals surface area contributed by atoms with Gasteiger partial charge in [0.05, 0.1) is 17.9 Å². The van der Waals surface area contributed by atoms with Crippen molar-refractivity contribution in [1.29, 1.82) is 0 Å². The third-order valence-corrected chi connectivity index (χ3v) is 18.9. The number of allylic oxidation sites excluding steroid dienone is 2. The molecule has 21 atom stereocenters. The quantitative estimate of drug-likeness (QED) is 0.0881. The maximum Gasteiger partial charge on any atom is 0.339 e. The average Bonchev–Trinajstić information content (AvgIpc) is 3.26. The van der Waals surface area contributed by atoms with Crippen LogP contribution in [0.5, 0.6) is 0 Å². The Morgan fingerprint density at radius 3 is 1.90 bits per heavy atom. The van der Waals surface area contributed by atoms with Gasteiger partial charge >= 0.3 is 35.8 Å². The second kappa shape index (κ2) is 18.3. The molecule has 0 bridgehead atoms. The van der Waals surface area contributed by atoms with Crippen LogP contribution >= 0.6 is 0 Å². The first-order valence-electron chi connectivity index (χ1n) is 24.0. The Hall–Kier alpha value is -4.17.